The van der Waals surface area contributed by atoms with Crippen molar-refractivity contribution in [1.82, 2.24) is 0 Å². The van der Waals surface area contributed by atoms with Gasteiger partial charge in [0.2, 0.25) is 0 Å². The molecular weight excluding hydrogens is 209 g/mol. The molecule has 0 heterocycles. The molecule has 0 nitrogen and oxygen atoms in total. The van der Waals surface area contributed by atoms with Crippen molar-refractivity contribution in [2.24, 2.45) is 0 Å². The van der Waals surface area contributed by atoms with Crippen molar-refractivity contribution in [2.75, 3.05) is 0 Å². The van der Waals surface area contributed by atoms with Crippen molar-refractivity contribution in [1.29, 1.82) is 0 Å². The summed E-state index contributed by atoms with van der Waals surface area (Å²) in [6, 6.07) is 0. The Bertz CT molecular complexity index is 8.00. The topological polar surface area (TPSA) is 0 Å². The summed E-state index contributed by atoms with van der Waals surface area (Å²) in [5.41, 5.74) is 0. The Hall–Kier alpha value is 1.52. The van der Waals surface area contributed by atoms with Gasteiger partial charge in [-0.15, -0.1) is 0 Å². The van der Waals surface area contributed by atoms with E-state index in [0.717, 1.165) is 0 Å². The standard InChI is InChI=1S/CH4.Co.Ni.Se/h1H4;;;. The molecule has 3 heteroatoms. The summed E-state index contributed by atoms with van der Waals surface area (Å²) in [6.07, 6.45) is 0. The number of hydrogen-bond acceptors (Lipinski definition) is 0. The summed E-state index contributed by atoms with van der Waals surface area (Å²) in [5.74, 6) is 0. The van der Waals surface area contributed by atoms with Crippen LogP contribution in [0.4, 0.5) is 0 Å². The maximum Gasteiger partial charge on any atom is 0 e. The molecule has 0 N–H and O–H groups in total. The van der Waals surface area contributed by atoms with E-state index in [1.165, 1.54) is 0 Å². The zero-order chi connectivity index (χ0) is 2.00. The number of rotatable bonds is 0. The average Bonchev–Trinajstić information content (AvgIpc) is 1.00. The van der Waals surface area contributed by atoms with Gasteiger partial charge in [0.25, 0.3) is 0 Å². The van der Waals surface area contributed by atoms with Crippen LogP contribution in [0.25, 0.3) is 0 Å². The van der Waals surface area contributed by atoms with Crippen LogP contribution in [0, 0.1) is 0 Å². The van der Waals surface area contributed by atoms with Gasteiger partial charge in [-0.05, 0) is 0 Å². The Morgan fingerprint density at radius 3 is 1.25 bits per heavy atom. The molecule has 0 atom stereocenters. The van der Waals surface area contributed by atoms with Gasteiger partial charge in [-0.3, -0.25) is 0 Å². The zero-order valence-corrected chi connectivity index (χ0v) is 4.80. The predicted molar refractivity (Wildman–Crippen MR) is 12.5 cm³/mol. The molecule has 0 radical (unpaired) electrons. The van der Waals surface area contributed by atoms with Crippen molar-refractivity contribution in [3.8, 4) is 0 Å². The summed E-state index contributed by atoms with van der Waals surface area (Å²) in [6.45, 7) is 0. The molecule has 0 spiro atoms. The first-order valence-electron chi connectivity index (χ1n) is 0.136. The Kier molecular flexibility index (Phi) is 108. The third-order valence-corrected chi connectivity index (χ3v) is 0. The minimum absolute atomic E-state index is 0. The van der Waals surface area contributed by atoms with Crippen LogP contribution in [-0.4, -0.2) is 13.7 Å². The molecule has 0 unspecified atom stereocenters. The molecule has 0 rings (SSSR count). The van der Waals surface area contributed by atoms with E-state index >= 15 is 0 Å². The molecule has 0 aromatic carbocycles. The van der Waals surface area contributed by atoms with E-state index < -0.39 is 0 Å². The second kappa shape index (κ2) is 24.2. The molecule has 0 aromatic rings. The molecule has 4 heavy (non-hydrogen) atoms. The second-order valence-corrected chi connectivity index (χ2v) is 0. The van der Waals surface area contributed by atoms with E-state index in [4.69, 9.17) is 0 Å². The second-order valence-electron chi connectivity index (χ2n) is 0. The van der Waals surface area contributed by atoms with E-state index in [0.29, 0.717) is 0 Å². The smallest absolute Gasteiger partial charge is 0 e. The molecular formula is CH4CoNiSe. The molecule has 0 saturated carbocycles. The fraction of sp³-hybridized carbons (Fsp3) is 1.00. The molecule has 0 aromatic heterocycles. The quantitative estimate of drug-likeness (QED) is 0.505. The van der Waals surface area contributed by atoms with E-state index in [1.54, 1.807) is 0 Å². The largest absolute Gasteiger partial charge is 0 e. The van der Waals surface area contributed by atoms with E-state index in [9.17, 15) is 0 Å². The molecule has 0 saturated heterocycles. The molecule has 0 bridgehead atoms. The van der Waals surface area contributed by atoms with Crippen molar-refractivity contribution in [3.05, 3.63) is 0 Å². The predicted octanol–water partition coefficient (Wildman–Crippen LogP) is 0.250. The van der Waals surface area contributed by atoms with Crippen LogP contribution in [0.15, 0.2) is 0 Å². The summed E-state index contributed by atoms with van der Waals surface area (Å²) in [4.78, 5) is 0. The monoisotopic (exact) mass is 213 g/mol. The van der Waals surface area contributed by atoms with E-state index in [1.807, 2.05) is 0 Å². The molecule has 0 aliphatic heterocycles. The molecule has 0 amide bonds. The first-order chi connectivity index (χ1) is 1.00. The third kappa shape index (κ3) is 9.68. The van der Waals surface area contributed by atoms with Crippen LogP contribution >= 0.6 is 0 Å². The van der Waals surface area contributed by atoms with Gasteiger partial charge in [-0.1, -0.05) is 7.43 Å². The normalized spacial score (nSPS) is 1.25. The third-order valence-electron chi connectivity index (χ3n) is 0. The number of hydrogen-bond donors (Lipinski definition) is 0. The summed E-state index contributed by atoms with van der Waals surface area (Å²) in [7, 11) is 0. The van der Waals surface area contributed by atoms with Gasteiger partial charge in [0, 0.05) is 16.5 Å². The Balaban J connectivity index is -0.00000000500. The minimum Gasteiger partial charge on any atom is 0 e. The Morgan fingerprint density at radius 1 is 1.25 bits per heavy atom. The van der Waals surface area contributed by atoms with Gasteiger partial charge < -0.3 is 0 Å². The minimum atomic E-state index is 0. The van der Waals surface area contributed by atoms with Gasteiger partial charge in [0.1, 0.15) is 0 Å². The maximum atomic E-state index is 3.44. The average molecular weight is 213 g/mol. The summed E-state index contributed by atoms with van der Waals surface area (Å²) < 4.78 is 0. The first kappa shape index (κ1) is 17.8. The summed E-state index contributed by atoms with van der Waals surface area (Å²) in [5, 5.41) is 0. The zero-order valence-electron chi connectivity index (χ0n) is 1.06. The summed E-state index contributed by atoms with van der Waals surface area (Å²) >= 11 is 5.75. The fourth-order valence-corrected chi connectivity index (χ4v) is 0. The van der Waals surface area contributed by atoms with Gasteiger partial charge in [0.15, 0.2) is 0 Å². The molecule has 0 aliphatic carbocycles. The molecule has 0 fully saturated rings. The van der Waals surface area contributed by atoms with Crippen LogP contribution in [0.1, 0.15) is 7.43 Å². The van der Waals surface area contributed by atoms with Gasteiger partial charge in [-0.25, -0.2) is 0 Å². The van der Waals surface area contributed by atoms with Gasteiger partial charge >= 0.3 is 27.1 Å². The van der Waals surface area contributed by atoms with Crippen LogP contribution in [0.3, 0.4) is 0 Å². The van der Waals surface area contributed by atoms with Gasteiger partial charge in [-0.2, -0.15) is 0 Å². The Morgan fingerprint density at radius 2 is 1.25 bits per heavy atom. The Labute approximate surface area is 51.0 Å². The van der Waals surface area contributed by atoms with E-state index in [2.05, 4.69) is 27.1 Å². The van der Waals surface area contributed by atoms with Crippen molar-refractivity contribution in [2.45, 2.75) is 7.43 Å². The SMILES string of the molecule is C.[Co]=[Se].[Ni]. The first-order valence-corrected chi connectivity index (χ1v) is 2.92. The van der Waals surface area contributed by atoms with Crippen LogP contribution in [0.5, 0.6) is 0 Å². The van der Waals surface area contributed by atoms with Crippen LogP contribution < -0.4 is 0 Å². The molecule has 0 aliphatic rings. The van der Waals surface area contributed by atoms with Crippen molar-refractivity contribution < 1.29 is 29.9 Å². The molecule has 33 valence electrons. The van der Waals surface area contributed by atoms with Gasteiger partial charge in [0.05, 0.1) is 0 Å². The fourth-order valence-electron chi connectivity index (χ4n) is 0. The maximum absolute atomic E-state index is 3.44. The van der Waals surface area contributed by atoms with E-state index in [-0.39, 0.29) is 23.9 Å². The van der Waals surface area contributed by atoms with Crippen molar-refractivity contribution in [3.63, 3.8) is 0 Å². The van der Waals surface area contributed by atoms with Crippen LogP contribution in [-0.2, 0) is 29.9 Å². The van der Waals surface area contributed by atoms with Crippen LogP contribution in [0.2, 0.25) is 0 Å². The van der Waals surface area contributed by atoms with Crippen molar-refractivity contribution >= 4 is 13.7 Å².